The van der Waals surface area contributed by atoms with Gasteiger partial charge in [0.1, 0.15) is 6.54 Å². The van der Waals surface area contributed by atoms with Gasteiger partial charge in [0.05, 0.1) is 23.8 Å². The molecule has 0 radical (unpaired) electrons. The molecule has 0 saturated carbocycles. The molecular weight excluding hydrogens is 311 g/mol. The zero-order valence-corrected chi connectivity index (χ0v) is 13.7. The van der Waals surface area contributed by atoms with Gasteiger partial charge in [-0.15, -0.1) is 0 Å². The average Bonchev–Trinajstić information content (AvgIpc) is 2.92. The van der Waals surface area contributed by atoms with Crippen molar-refractivity contribution in [3.05, 3.63) is 17.0 Å². The van der Waals surface area contributed by atoms with E-state index in [1.807, 2.05) is 6.92 Å². The van der Waals surface area contributed by atoms with Crippen LogP contribution in [0.3, 0.4) is 0 Å². The van der Waals surface area contributed by atoms with Crippen LogP contribution in [0.5, 0.6) is 0 Å². The van der Waals surface area contributed by atoms with Crippen molar-refractivity contribution >= 4 is 5.91 Å². The monoisotopic (exact) mass is 333 g/mol. The molecule has 8 heteroatoms. The van der Waals surface area contributed by atoms with Crippen molar-refractivity contribution in [2.45, 2.75) is 64.9 Å². The van der Waals surface area contributed by atoms with Crippen LogP contribution in [0.1, 0.15) is 43.1 Å². The fourth-order valence-electron chi connectivity index (χ4n) is 3.02. The van der Waals surface area contributed by atoms with Crippen LogP contribution in [0.25, 0.3) is 0 Å². The summed E-state index contributed by atoms with van der Waals surface area (Å²) in [5.41, 5.74) is 1.38. The number of halogens is 3. The number of carbonyl (C=O) groups is 1. The molecule has 5 nitrogen and oxygen atoms in total. The van der Waals surface area contributed by atoms with E-state index >= 15 is 0 Å². The van der Waals surface area contributed by atoms with Gasteiger partial charge in [-0.2, -0.15) is 18.3 Å². The Labute approximate surface area is 133 Å². The quantitative estimate of drug-likeness (QED) is 0.921. The van der Waals surface area contributed by atoms with Crippen molar-refractivity contribution in [3.63, 3.8) is 0 Å². The summed E-state index contributed by atoms with van der Waals surface area (Å²) in [5.74, 6) is -0.783. The number of hydrogen-bond donors (Lipinski definition) is 1. The maximum absolute atomic E-state index is 12.6. The molecule has 0 aromatic carbocycles. The first-order chi connectivity index (χ1) is 10.6. The zero-order valence-electron chi connectivity index (χ0n) is 13.7. The first-order valence-corrected chi connectivity index (χ1v) is 7.62. The molecule has 23 heavy (non-hydrogen) atoms. The first-order valence-electron chi connectivity index (χ1n) is 7.62. The minimum absolute atomic E-state index is 0.0544. The van der Waals surface area contributed by atoms with Crippen molar-refractivity contribution in [1.82, 2.24) is 15.1 Å². The Kier molecular flexibility index (Phi) is 5.03. The average molecular weight is 333 g/mol. The number of carbonyl (C=O) groups excluding carboxylic acids is 1. The van der Waals surface area contributed by atoms with Crippen LogP contribution in [-0.2, 0) is 16.1 Å². The normalized spacial score (nSPS) is 23.1. The standard InChI is InChI=1S/C15H22F3N3O2/c1-8(14(22)19-12-5-6-23-11(12)4)13-9(2)20-21(10(13)3)7-15(16,17)18/h8,11-12H,5-7H2,1-4H3,(H,19,22)/t8-,11-,12+/m0/s1. The molecule has 1 aromatic heterocycles. The molecule has 1 aliphatic heterocycles. The minimum Gasteiger partial charge on any atom is -0.376 e. The number of nitrogens with zero attached hydrogens (tertiary/aromatic N) is 2. The van der Waals surface area contributed by atoms with Crippen LogP contribution in [0, 0.1) is 13.8 Å². The third-order valence-corrected chi connectivity index (χ3v) is 4.30. The Bertz CT molecular complexity index is 583. The lowest BCUT2D eigenvalue weighted by Gasteiger charge is -2.19. The number of aryl methyl sites for hydroxylation is 1. The van der Waals surface area contributed by atoms with Crippen molar-refractivity contribution in [2.75, 3.05) is 6.61 Å². The van der Waals surface area contributed by atoms with Crippen molar-refractivity contribution in [2.24, 2.45) is 0 Å². The second kappa shape index (κ2) is 6.51. The van der Waals surface area contributed by atoms with Crippen LogP contribution in [0.15, 0.2) is 0 Å². The molecular formula is C15H22F3N3O2. The Morgan fingerprint density at radius 1 is 1.48 bits per heavy atom. The van der Waals surface area contributed by atoms with E-state index in [9.17, 15) is 18.0 Å². The number of hydrogen-bond acceptors (Lipinski definition) is 3. The molecule has 1 saturated heterocycles. The molecule has 1 aliphatic rings. The largest absolute Gasteiger partial charge is 0.408 e. The van der Waals surface area contributed by atoms with Crippen LogP contribution in [0.2, 0.25) is 0 Å². The van der Waals surface area contributed by atoms with Gasteiger partial charge in [-0.3, -0.25) is 9.48 Å². The Morgan fingerprint density at radius 3 is 2.65 bits per heavy atom. The van der Waals surface area contributed by atoms with Crippen molar-refractivity contribution < 1.29 is 22.7 Å². The molecule has 1 fully saturated rings. The zero-order chi connectivity index (χ0) is 17.4. The van der Waals surface area contributed by atoms with Gasteiger partial charge in [0.15, 0.2) is 0 Å². The van der Waals surface area contributed by atoms with E-state index in [1.54, 1.807) is 20.8 Å². The highest BCUT2D eigenvalue weighted by molar-refractivity contribution is 5.84. The molecule has 3 atom stereocenters. The van der Waals surface area contributed by atoms with Gasteiger partial charge in [-0.1, -0.05) is 0 Å². The maximum Gasteiger partial charge on any atom is 0.408 e. The van der Waals surface area contributed by atoms with E-state index in [0.29, 0.717) is 23.6 Å². The van der Waals surface area contributed by atoms with Gasteiger partial charge >= 0.3 is 6.18 Å². The molecule has 0 spiro atoms. The lowest BCUT2D eigenvalue weighted by atomic mass is 9.97. The number of rotatable bonds is 4. The van der Waals surface area contributed by atoms with Crippen molar-refractivity contribution in [1.29, 1.82) is 0 Å². The number of amides is 1. The van der Waals surface area contributed by atoms with Crippen LogP contribution in [-0.4, -0.2) is 40.6 Å². The molecule has 2 heterocycles. The highest BCUT2D eigenvalue weighted by atomic mass is 19.4. The van der Waals surface area contributed by atoms with Gasteiger partial charge in [-0.25, -0.2) is 0 Å². The second-order valence-electron chi connectivity index (χ2n) is 6.06. The van der Waals surface area contributed by atoms with E-state index < -0.39 is 18.6 Å². The summed E-state index contributed by atoms with van der Waals surface area (Å²) in [6, 6.07) is -0.0595. The fraction of sp³-hybridized carbons (Fsp3) is 0.733. The summed E-state index contributed by atoms with van der Waals surface area (Å²) in [6.45, 7) is 6.21. The minimum atomic E-state index is -4.34. The number of aromatic nitrogens is 2. The Hall–Kier alpha value is -1.57. The van der Waals surface area contributed by atoms with E-state index in [-0.39, 0.29) is 18.1 Å². The number of nitrogens with one attached hydrogen (secondary N) is 1. The molecule has 2 rings (SSSR count). The van der Waals surface area contributed by atoms with Gasteiger partial charge in [0.25, 0.3) is 0 Å². The topological polar surface area (TPSA) is 56.2 Å². The number of ether oxygens (including phenoxy) is 1. The summed E-state index contributed by atoms with van der Waals surface area (Å²) < 4.78 is 44.1. The molecule has 1 aromatic rings. The molecule has 1 amide bonds. The van der Waals surface area contributed by atoms with Gasteiger partial charge in [0, 0.05) is 17.9 Å². The van der Waals surface area contributed by atoms with Gasteiger partial charge < -0.3 is 10.1 Å². The fourth-order valence-corrected chi connectivity index (χ4v) is 3.02. The van der Waals surface area contributed by atoms with E-state index in [0.717, 1.165) is 11.1 Å². The highest BCUT2D eigenvalue weighted by Crippen LogP contribution is 2.27. The molecule has 1 N–H and O–H groups in total. The lowest BCUT2D eigenvalue weighted by molar-refractivity contribution is -0.143. The Morgan fingerprint density at radius 2 is 2.13 bits per heavy atom. The predicted molar refractivity (Wildman–Crippen MR) is 78.1 cm³/mol. The summed E-state index contributed by atoms with van der Waals surface area (Å²) >= 11 is 0. The van der Waals surface area contributed by atoms with Gasteiger partial charge in [-0.05, 0) is 34.1 Å². The summed E-state index contributed by atoms with van der Waals surface area (Å²) in [7, 11) is 0. The summed E-state index contributed by atoms with van der Waals surface area (Å²) in [5, 5.41) is 6.85. The van der Waals surface area contributed by atoms with Crippen LogP contribution in [0.4, 0.5) is 13.2 Å². The highest BCUT2D eigenvalue weighted by Gasteiger charge is 2.33. The van der Waals surface area contributed by atoms with E-state index in [2.05, 4.69) is 10.4 Å². The number of alkyl halides is 3. The van der Waals surface area contributed by atoms with E-state index in [1.165, 1.54) is 0 Å². The van der Waals surface area contributed by atoms with Crippen molar-refractivity contribution in [3.8, 4) is 0 Å². The predicted octanol–water partition coefficient (Wildman–Crippen LogP) is 2.46. The lowest BCUT2D eigenvalue weighted by Crippen LogP contribution is -2.41. The van der Waals surface area contributed by atoms with Crippen LogP contribution < -0.4 is 5.32 Å². The third kappa shape index (κ3) is 4.04. The Balaban J connectivity index is 2.15. The molecule has 0 aliphatic carbocycles. The SMILES string of the molecule is Cc1nn(CC(F)(F)F)c(C)c1[C@H](C)C(=O)N[C@@H]1CCO[C@H]1C. The molecule has 0 bridgehead atoms. The van der Waals surface area contributed by atoms with E-state index in [4.69, 9.17) is 4.74 Å². The second-order valence-corrected chi connectivity index (χ2v) is 6.06. The maximum atomic E-state index is 12.6. The third-order valence-electron chi connectivity index (χ3n) is 4.30. The smallest absolute Gasteiger partial charge is 0.376 e. The summed E-state index contributed by atoms with van der Waals surface area (Å²) in [6.07, 6.45) is -3.66. The summed E-state index contributed by atoms with van der Waals surface area (Å²) in [4.78, 5) is 12.4. The first kappa shape index (κ1) is 17.8. The van der Waals surface area contributed by atoms with Gasteiger partial charge in [0.2, 0.25) is 5.91 Å². The van der Waals surface area contributed by atoms with Crippen LogP contribution >= 0.6 is 0 Å². The molecule has 130 valence electrons. The molecule has 0 unspecified atom stereocenters.